The van der Waals surface area contributed by atoms with Gasteiger partial charge in [0.15, 0.2) is 0 Å². The average Bonchev–Trinajstić information content (AvgIpc) is 2.14. The highest BCUT2D eigenvalue weighted by Gasteiger charge is 2.14. The molecule has 1 aliphatic heterocycles. The molecule has 0 fully saturated rings. The molecule has 0 unspecified atom stereocenters. The van der Waals surface area contributed by atoms with Crippen LogP contribution in [0.1, 0.15) is 0 Å². The van der Waals surface area contributed by atoms with Gasteiger partial charge in [-0.2, -0.15) is 0 Å². The molecule has 0 atom stereocenters. The number of hydrogen-bond donors (Lipinski definition) is 2. The first kappa shape index (κ1) is 6.10. The maximum atomic E-state index is 10.2. The Balaban J connectivity index is 2.55. The summed E-state index contributed by atoms with van der Waals surface area (Å²) in [4.78, 5) is 10.2. The third-order valence-electron chi connectivity index (χ3n) is 1.14. The van der Waals surface area contributed by atoms with Crippen LogP contribution in [0.15, 0.2) is 11.8 Å². The van der Waals surface area contributed by atoms with E-state index in [1.165, 1.54) is 6.20 Å². The van der Waals surface area contributed by atoms with E-state index in [0.717, 1.165) is 0 Å². The van der Waals surface area contributed by atoms with E-state index in [2.05, 4.69) is 5.43 Å². The summed E-state index contributed by atoms with van der Waals surface area (Å²) in [6.07, 6.45) is 1.49. The molecular weight excluding hydrogens is 120 g/mol. The van der Waals surface area contributed by atoms with Gasteiger partial charge >= 0.3 is 5.97 Å². The van der Waals surface area contributed by atoms with E-state index in [1.54, 1.807) is 12.1 Å². The predicted octanol–water partition coefficient (Wildman–Crippen LogP) is -0.595. The summed E-state index contributed by atoms with van der Waals surface area (Å²) < 4.78 is 0. The van der Waals surface area contributed by atoms with Crippen LogP contribution in [0.3, 0.4) is 0 Å². The van der Waals surface area contributed by atoms with Crippen molar-refractivity contribution in [3.63, 3.8) is 0 Å². The molecule has 1 aliphatic rings. The normalized spacial score (nSPS) is 19.0. The van der Waals surface area contributed by atoms with Crippen LogP contribution in [0.5, 0.6) is 0 Å². The van der Waals surface area contributed by atoms with E-state index < -0.39 is 5.97 Å². The first-order chi connectivity index (χ1) is 4.20. The minimum absolute atomic E-state index is 0.400. The molecule has 0 spiro atoms. The summed E-state index contributed by atoms with van der Waals surface area (Å²) in [6, 6.07) is 0. The fourth-order valence-corrected chi connectivity index (χ4v) is 0.664. The smallest absolute Gasteiger partial charge is 0.334 e. The van der Waals surface area contributed by atoms with E-state index in [4.69, 9.17) is 5.11 Å². The lowest BCUT2D eigenvalue weighted by molar-refractivity contribution is -0.132. The molecule has 0 aliphatic carbocycles. The van der Waals surface area contributed by atoms with Gasteiger partial charge in [0, 0.05) is 13.2 Å². The van der Waals surface area contributed by atoms with Gasteiger partial charge in [-0.05, 0) is 0 Å². The van der Waals surface area contributed by atoms with E-state index in [0.29, 0.717) is 12.1 Å². The topological polar surface area (TPSA) is 52.6 Å². The van der Waals surface area contributed by atoms with Crippen LogP contribution in [0.2, 0.25) is 0 Å². The molecule has 4 nitrogen and oxygen atoms in total. The van der Waals surface area contributed by atoms with E-state index >= 15 is 0 Å². The van der Waals surface area contributed by atoms with Crippen LogP contribution in [0, 0.1) is 0 Å². The van der Waals surface area contributed by atoms with Gasteiger partial charge < -0.3 is 10.5 Å². The highest BCUT2D eigenvalue weighted by atomic mass is 16.4. The first-order valence-corrected chi connectivity index (χ1v) is 2.60. The van der Waals surface area contributed by atoms with Gasteiger partial charge in [0.25, 0.3) is 0 Å². The Labute approximate surface area is 52.7 Å². The van der Waals surface area contributed by atoms with Crippen LogP contribution in [-0.4, -0.2) is 29.7 Å². The molecule has 9 heavy (non-hydrogen) atoms. The molecule has 0 amide bonds. The molecule has 0 aromatic carbocycles. The molecule has 1 rings (SSSR count). The van der Waals surface area contributed by atoms with Gasteiger partial charge in [-0.25, -0.2) is 9.80 Å². The van der Waals surface area contributed by atoms with Crippen LogP contribution < -0.4 is 5.43 Å². The van der Waals surface area contributed by atoms with E-state index in [1.807, 2.05) is 0 Å². The number of carboxylic acid groups (broad SMARTS) is 1. The van der Waals surface area contributed by atoms with Gasteiger partial charge in [0.2, 0.25) is 0 Å². The Bertz CT molecular complexity index is 164. The third-order valence-corrected chi connectivity index (χ3v) is 1.14. The Hall–Kier alpha value is -1.03. The Morgan fingerprint density at radius 2 is 2.67 bits per heavy atom. The highest BCUT2D eigenvalue weighted by Crippen LogP contribution is 2.00. The number of nitrogens with one attached hydrogen (secondary N) is 1. The van der Waals surface area contributed by atoms with Crippen LogP contribution in [0.4, 0.5) is 0 Å². The summed E-state index contributed by atoms with van der Waals surface area (Å²) in [5.41, 5.74) is 3.14. The number of carbonyl (C=O) groups is 1. The molecule has 0 saturated carbocycles. The fourth-order valence-electron chi connectivity index (χ4n) is 0.664. The summed E-state index contributed by atoms with van der Waals surface area (Å²) in [5, 5.41) is 10.1. The van der Waals surface area contributed by atoms with Gasteiger partial charge in [-0.3, -0.25) is 0 Å². The second-order valence-corrected chi connectivity index (χ2v) is 1.96. The fraction of sp³-hybridized carbons (Fsp3) is 0.400. The van der Waals surface area contributed by atoms with Crippen LogP contribution in [0.25, 0.3) is 0 Å². The Kier molecular flexibility index (Phi) is 1.40. The standard InChI is InChI=1S/C5H8N2O2/c1-7-3-4(2-6-7)5(8)9/h2,6H,3H2,1H3,(H,8,9). The van der Waals surface area contributed by atoms with Crippen molar-refractivity contribution in [3.05, 3.63) is 11.8 Å². The Morgan fingerprint density at radius 3 is 2.89 bits per heavy atom. The molecule has 0 aromatic rings. The lowest BCUT2D eigenvalue weighted by Gasteiger charge is -2.05. The largest absolute Gasteiger partial charge is 0.478 e. The maximum Gasteiger partial charge on any atom is 0.334 e. The molecule has 2 N–H and O–H groups in total. The van der Waals surface area contributed by atoms with Crippen molar-refractivity contribution >= 4 is 5.97 Å². The number of nitrogens with zero attached hydrogens (tertiary/aromatic N) is 1. The van der Waals surface area contributed by atoms with E-state index in [-0.39, 0.29) is 0 Å². The van der Waals surface area contributed by atoms with Gasteiger partial charge in [0.1, 0.15) is 0 Å². The first-order valence-electron chi connectivity index (χ1n) is 2.60. The van der Waals surface area contributed by atoms with Crippen molar-refractivity contribution in [2.45, 2.75) is 0 Å². The number of likely N-dealkylation sites (N-methyl/N-ethyl adjacent to an activating group) is 1. The van der Waals surface area contributed by atoms with Crippen LogP contribution >= 0.6 is 0 Å². The van der Waals surface area contributed by atoms with Crippen molar-refractivity contribution in [1.29, 1.82) is 0 Å². The van der Waals surface area contributed by atoms with E-state index in [9.17, 15) is 4.79 Å². The SMILES string of the molecule is CN1CC(C(=O)O)=CN1. The molecule has 0 radical (unpaired) electrons. The zero-order valence-corrected chi connectivity index (χ0v) is 5.09. The van der Waals surface area contributed by atoms with Crippen molar-refractivity contribution in [2.75, 3.05) is 13.6 Å². The maximum absolute atomic E-state index is 10.2. The number of hydrazine groups is 1. The lowest BCUT2D eigenvalue weighted by atomic mass is 10.3. The molecule has 0 saturated heterocycles. The van der Waals surface area contributed by atoms with Crippen molar-refractivity contribution < 1.29 is 9.90 Å². The van der Waals surface area contributed by atoms with Crippen molar-refractivity contribution in [2.24, 2.45) is 0 Å². The van der Waals surface area contributed by atoms with Crippen LogP contribution in [-0.2, 0) is 4.79 Å². The number of carboxylic acids is 1. The minimum atomic E-state index is -0.855. The molecule has 50 valence electrons. The average molecular weight is 128 g/mol. The zero-order valence-electron chi connectivity index (χ0n) is 5.09. The van der Waals surface area contributed by atoms with Gasteiger partial charge in [-0.1, -0.05) is 0 Å². The second kappa shape index (κ2) is 2.06. The predicted molar refractivity (Wildman–Crippen MR) is 31.5 cm³/mol. The summed E-state index contributed by atoms with van der Waals surface area (Å²) in [7, 11) is 1.78. The quantitative estimate of drug-likeness (QED) is 0.495. The summed E-state index contributed by atoms with van der Waals surface area (Å²) >= 11 is 0. The van der Waals surface area contributed by atoms with Crippen molar-refractivity contribution in [3.8, 4) is 0 Å². The van der Waals surface area contributed by atoms with Crippen molar-refractivity contribution in [1.82, 2.24) is 10.4 Å². The summed E-state index contributed by atoms with van der Waals surface area (Å²) in [6.45, 7) is 0.468. The molecule has 1 heterocycles. The molecule has 0 bridgehead atoms. The lowest BCUT2D eigenvalue weighted by Crippen LogP contribution is -2.25. The number of rotatable bonds is 1. The van der Waals surface area contributed by atoms with Gasteiger partial charge in [0.05, 0.1) is 12.1 Å². The minimum Gasteiger partial charge on any atom is -0.478 e. The Morgan fingerprint density at radius 1 is 2.00 bits per heavy atom. The molecule has 4 heteroatoms. The monoisotopic (exact) mass is 128 g/mol. The second-order valence-electron chi connectivity index (χ2n) is 1.96. The molecule has 0 aromatic heterocycles. The van der Waals surface area contributed by atoms with Gasteiger partial charge in [-0.15, -0.1) is 0 Å². The number of hydrogen-bond acceptors (Lipinski definition) is 3. The zero-order chi connectivity index (χ0) is 6.85. The summed E-state index contributed by atoms with van der Waals surface area (Å²) in [5.74, 6) is -0.855. The third kappa shape index (κ3) is 1.20. The highest BCUT2D eigenvalue weighted by molar-refractivity contribution is 5.87. The number of aliphatic carboxylic acids is 1. The molecular formula is C5H8N2O2.